The molecule has 326 valence electrons. The molecule has 2 aromatic heterocycles. The normalized spacial score (nSPS) is 20.0. The number of carbonyl (C=O) groups excluding carboxylic acids is 4. The van der Waals surface area contributed by atoms with Crippen molar-refractivity contribution in [2.45, 2.75) is 115 Å². The van der Waals surface area contributed by atoms with Gasteiger partial charge in [-0.15, -0.1) is 0 Å². The average molecular weight is 843 g/mol. The van der Waals surface area contributed by atoms with Crippen molar-refractivity contribution in [3.8, 4) is 0 Å². The standard InChI is InChI=1S/C48H58N8O6/c1-25(2)41(53-47(59)61-5)45(57)55-15-7-9-39(55)43-49-35-13-11-27(23-37(35)51-43)29-17-31-21-33-19-30(20-34(33)22-32(31)18-29)28-12-14-36-38(24-28)52-44(50-36)40-10-8-16-56(40)46(58)42(26(3)4)54-48(60)62-6/h11-14,21-26,29-30,39-42H,7-10,15-20H2,1-6H3,(H,49,51)(H,50,52)(H,53,59)(H,54,60)/t29?,30?,39?,40?,41-,42?/m1/s1. The Morgan fingerprint density at radius 3 is 1.35 bits per heavy atom. The van der Waals surface area contributed by atoms with Gasteiger partial charge in [-0.2, -0.15) is 0 Å². The van der Waals surface area contributed by atoms with E-state index in [1.807, 2.05) is 37.5 Å². The van der Waals surface area contributed by atoms with Gasteiger partial charge >= 0.3 is 12.2 Å². The van der Waals surface area contributed by atoms with Crippen molar-refractivity contribution < 1.29 is 28.7 Å². The highest BCUT2D eigenvalue weighted by atomic mass is 16.5. The molecule has 0 bridgehead atoms. The van der Waals surface area contributed by atoms with Crippen LogP contribution in [0.1, 0.15) is 122 Å². The van der Waals surface area contributed by atoms with Gasteiger partial charge in [0.15, 0.2) is 0 Å². The molecule has 4 N–H and O–H groups in total. The van der Waals surface area contributed by atoms with E-state index in [1.54, 1.807) is 0 Å². The van der Waals surface area contributed by atoms with E-state index in [0.717, 1.165) is 85.1 Å². The van der Waals surface area contributed by atoms with Gasteiger partial charge < -0.3 is 39.9 Å². The van der Waals surface area contributed by atoms with Gasteiger partial charge in [0.1, 0.15) is 23.7 Å². The topological polar surface area (TPSA) is 175 Å². The summed E-state index contributed by atoms with van der Waals surface area (Å²) in [7, 11) is 2.61. The van der Waals surface area contributed by atoms with Gasteiger partial charge in [0.05, 0.1) is 48.4 Å². The van der Waals surface area contributed by atoms with Gasteiger partial charge in [0.25, 0.3) is 0 Å². The largest absolute Gasteiger partial charge is 0.453 e. The number of H-pyrrole nitrogens is 2. The zero-order valence-corrected chi connectivity index (χ0v) is 36.5. The van der Waals surface area contributed by atoms with Crippen LogP contribution in [0.2, 0.25) is 0 Å². The summed E-state index contributed by atoms with van der Waals surface area (Å²) >= 11 is 0. The molecule has 0 spiro atoms. The zero-order chi connectivity index (χ0) is 43.4. The molecule has 62 heavy (non-hydrogen) atoms. The van der Waals surface area contributed by atoms with E-state index >= 15 is 0 Å². The third-order valence-electron chi connectivity index (χ3n) is 13.9. The number of amides is 4. The highest BCUT2D eigenvalue weighted by Crippen LogP contribution is 2.42. The summed E-state index contributed by atoms with van der Waals surface area (Å²) in [5.41, 5.74) is 12.1. The molecule has 2 aliphatic heterocycles. The number of methoxy groups -OCH3 is 2. The first-order chi connectivity index (χ1) is 29.9. The first kappa shape index (κ1) is 41.4. The number of fused-ring (bicyclic) bond motifs is 4. The molecule has 4 heterocycles. The Hall–Kier alpha value is -5.92. The molecule has 14 nitrogen and oxygen atoms in total. The molecular formula is C48H58N8O6. The minimum Gasteiger partial charge on any atom is -0.453 e. The summed E-state index contributed by atoms with van der Waals surface area (Å²) in [5, 5.41) is 5.47. The Labute approximate surface area is 361 Å². The lowest BCUT2D eigenvalue weighted by atomic mass is 9.95. The Kier molecular flexibility index (Phi) is 11.2. The van der Waals surface area contributed by atoms with Crippen molar-refractivity contribution in [1.82, 2.24) is 40.4 Å². The summed E-state index contributed by atoms with van der Waals surface area (Å²) in [6.45, 7) is 8.93. The minimum absolute atomic E-state index is 0.0918. The lowest BCUT2D eigenvalue weighted by Gasteiger charge is -2.29. The summed E-state index contributed by atoms with van der Waals surface area (Å²) in [6.07, 6.45) is 6.13. The molecule has 2 fully saturated rings. The molecule has 2 aliphatic carbocycles. The fourth-order valence-corrected chi connectivity index (χ4v) is 10.5. The van der Waals surface area contributed by atoms with Crippen molar-refractivity contribution in [3.63, 3.8) is 0 Å². The van der Waals surface area contributed by atoms with Gasteiger partial charge in [-0.1, -0.05) is 52.0 Å². The first-order valence-corrected chi connectivity index (χ1v) is 22.3. The number of nitrogens with one attached hydrogen (secondary N) is 4. The summed E-state index contributed by atoms with van der Waals surface area (Å²) < 4.78 is 9.60. The molecule has 3 aromatic carbocycles. The molecule has 9 rings (SSSR count). The van der Waals surface area contributed by atoms with Gasteiger partial charge in [0.2, 0.25) is 11.8 Å². The second-order valence-electron chi connectivity index (χ2n) is 18.5. The first-order valence-electron chi connectivity index (χ1n) is 22.3. The monoisotopic (exact) mass is 842 g/mol. The number of aromatic amines is 2. The number of aromatic nitrogens is 4. The zero-order valence-electron chi connectivity index (χ0n) is 36.5. The Balaban J connectivity index is 0.861. The number of hydrogen-bond acceptors (Lipinski definition) is 8. The van der Waals surface area contributed by atoms with Crippen LogP contribution in [0.25, 0.3) is 22.1 Å². The molecule has 0 radical (unpaired) electrons. The Morgan fingerprint density at radius 1 is 0.613 bits per heavy atom. The fraction of sp³-hybridized carbons (Fsp3) is 0.500. The van der Waals surface area contributed by atoms with Gasteiger partial charge in [-0.3, -0.25) is 9.59 Å². The fourth-order valence-electron chi connectivity index (χ4n) is 10.5. The molecule has 4 atom stereocenters. The van der Waals surface area contributed by atoms with E-state index in [0.29, 0.717) is 24.9 Å². The predicted molar refractivity (Wildman–Crippen MR) is 235 cm³/mol. The molecule has 0 saturated carbocycles. The molecule has 4 aliphatic rings. The highest BCUT2D eigenvalue weighted by Gasteiger charge is 2.39. The second-order valence-corrected chi connectivity index (χ2v) is 18.5. The summed E-state index contributed by atoms with van der Waals surface area (Å²) in [6, 6.07) is 16.3. The maximum absolute atomic E-state index is 13.7. The van der Waals surface area contributed by atoms with E-state index in [2.05, 4.69) is 69.1 Å². The maximum Gasteiger partial charge on any atom is 0.407 e. The highest BCUT2D eigenvalue weighted by molar-refractivity contribution is 5.87. The van der Waals surface area contributed by atoms with Crippen molar-refractivity contribution in [1.29, 1.82) is 0 Å². The lowest BCUT2D eigenvalue weighted by Crippen LogP contribution is -2.51. The summed E-state index contributed by atoms with van der Waals surface area (Å²) in [5.74, 6) is 1.92. The smallest absolute Gasteiger partial charge is 0.407 e. The molecule has 3 unspecified atom stereocenters. The minimum atomic E-state index is -0.672. The van der Waals surface area contributed by atoms with Crippen molar-refractivity contribution >= 4 is 46.1 Å². The number of ether oxygens (including phenoxy) is 2. The quantitative estimate of drug-likeness (QED) is 0.113. The van der Waals surface area contributed by atoms with E-state index in [-0.39, 0.29) is 35.7 Å². The van der Waals surface area contributed by atoms with E-state index in [9.17, 15) is 19.2 Å². The van der Waals surface area contributed by atoms with Crippen molar-refractivity contribution in [2.24, 2.45) is 11.8 Å². The Bertz CT molecular complexity index is 2340. The van der Waals surface area contributed by atoms with Crippen LogP contribution in [-0.2, 0) is 44.7 Å². The van der Waals surface area contributed by atoms with Crippen LogP contribution in [0.3, 0.4) is 0 Å². The van der Waals surface area contributed by atoms with Crippen LogP contribution >= 0.6 is 0 Å². The Morgan fingerprint density at radius 2 is 1.00 bits per heavy atom. The van der Waals surface area contributed by atoms with Crippen LogP contribution in [0, 0.1) is 11.8 Å². The number of carbonyl (C=O) groups is 4. The van der Waals surface area contributed by atoms with E-state index < -0.39 is 24.3 Å². The number of likely N-dealkylation sites (tertiary alicyclic amines) is 2. The number of hydrogen-bond donors (Lipinski definition) is 4. The van der Waals surface area contributed by atoms with E-state index in [4.69, 9.17) is 19.4 Å². The lowest BCUT2D eigenvalue weighted by molar-refractivity contribution is -0.136. The van der Waals surface area contributed by atoms with Crippen LogP contribution < -0.4 is 10.6 Å². The SMILES string of the molecule is COC(=O)NC(C(=O)N1CCCC1c1nc2ccc(C3Cc4cc5c(cc4C3)CC(c3ccc4nc(C6CCCN6C(=O)[C@H](NC(=O)OC)C(C)C)[nH]c4c3)C5)cc2[nH]1)C(C)C. The molecule has 5 aromatic rings. The van der Waals surface area contributed by atoms with E-state index in [1.165, 1.54) is 47.6 Å². The number of alkyl carbamates (subject to hydrolysis) is 2. The van der Waals surface area contributed by atoms with Gasteiger partial charge in [0, 0.05) is 13.1 Å². The number of rotatable bonds is 10. The third-order valence-corrected chi connectivity index (χ3v) is 13.9. The van der Waals surface area contributed by atoms with Gasteiger partial charge in [-0.25, -0.2) is 19.6 Å². The van der Waals surface area contributed by atoms with Crippen molar-refractivity contribution in [2.75, 3.05) is 27.3 Å². The molecule has 14 heteroatoms. The van der Waals surface area contributed by atoms with Crippen LogP contribution in [0.4, 0.5) is 9.59 Å². The van der Waals surface area contributed by atoms with Crippen molar-refractivity contribution in [3.05, 3.63) is 93.6 Å². The third kappa shape index (κ3) is 7.77. The number of benzene rings is 3. The molecule has 2 saturated heterocycles. The molecular weight excluding hydrogens is 785 g/mol. The van der Waals surface area contributed by atoms with Crippen LogP contribution in [0.5, 0.6) is 0 Å². The summed E-state index contributed by atoms with van der Waals surface area (Å²) in [4.78, 5) is 72.3. The number of nitrogens with zero attached hydrogens (tertiary/aromatic N) is 4. The maximum atomic E-state index is 13.7. The average Bonchev–Trinajstić information content (AvgIpc) is 4.12. The predicted octanol–water partition coefficient (Wildman–Crippen LogP) is 7.29. The second kappa shape index (κ2) is 16.7. The molecule has 4 amide bonds. The van der Waals surface area contributed by atoms with Crippen LogP contribution in [-0.4, -0.2) is 93.1 Å². The number of imidazole rings is 2. The van der Waals surface area contributed by atoms with Crippen LogP contribution in [0.15, 0.2) is 48.5 Å². The van der Waals surface area contributed by atoms with Gasteiger partial charge in [-0.05, 0) is 133 Å².